The predicted molar refractivity (Wildman–Crippen MR) is 129 cm³/mol. The Morgan fingerprint density at radius 3 is 2.81 bits per heavy atom. The third-order valence-corrected chi connectivity index (χ3v) is 5.68. The normalized spacial score (nSPS) is 15.5. The molecule has 0 saturated carbocycles. The lowest BCUT2D eigenvalue weighted by molar-refractivity contribution is -0.130. The van der Waals surface area contributed by atoms with Crippen LogP contribution in [0, 0.1) is 11.3 Å². The summed E-state index contributed by atoms with van der Waals surface area (Å²) in [5, 5.41) is 25.5. The summed E-state index contributed by atoms with van der Waals surface area (Å²) in [4.78, 5) is 57.5. The third-order valence-electron chi connectivity index (χ3n) is 5.68. The minimum absolute atomic E-state index is 0.0764. The second-order valence-electron chi connectivity index (χ2n) is 8.19. The average Bonchev–Trinajstić information content (AvgIpc) is 3.38. The number of nitrogens with one attached hydrogen (secondary N) is 3. The zero-order valence-corrected chi connectivity index (χ0v) is 20.0. The molecule has 0 aliphatic carbocycles. The van der Waals surface area contributed by atoms with E-state index in [1.165, 1.54) is 11.2 Å². The van der Waals surface area contributed by atoms with Gasteiger partial charge in [0.1, 0.15) is 29.9 Å². The van der Waals surface area contributed by atoms with Crippen LogP contribution < -0.4 is 26.4 Å². The van der Waals surface area contributed by atoms with Crippen molar-refractivity contribution in [3.05, 3.63) is 30.2 Å². The molecule has 4 amide bonds. The monoisotopic (exact) mass is 512 g/mol. The maximum absolute atomic E-state index is 12.8. The molecule has 1 fully saturated rings. The van der Waals surface area contributed by atoms with Crippen molar-refractivity contribution in [2.45, 2.75) is 31.3 Å². The summed E-state index contributed by atoms with van der Waals surface area (Å²) in [6.07, 6.45) is 1.71. The lowest BCUT2D eigenvalue weighted by Crippen LogP contribution is -2.50. The Morgan fingerprint density at radius 1 is 1.27 bits per heavy atom. The first-order valence-electron chi connectivity index (χ1n) is 11.7. The van der Waals surface area contributed by atoms with Gasteiger partial charge >= 0.3 is 6.09 Å². The summed E-state index contributed by atoms with van der Waals surface area (Å²) in [5.41, 5.74) is 5.98. The maximum atomic E-state index is 12.8. The van der Waals surface area contributed by atoms with Crippen molar-refractivity contribution < 1.29 is 29.0 Å². The van der Waals surface area contributed by atoms with Crippen LogP contribution in [0.2, 0.25) is 0 Å². The van der Waals surface area contributed by atoms with Crippen LogP contribution >= 0.6 is 0 Å². The Morgan fingerprint density at radius 2 is 2.08 bits per heavy atom. The third kappa shape index (κ3) is 7.24. The van der Waals surface area contributed by atoms with Crippen LogP contribution in [0.3, 0.4) is 0 Å². The van der Waals surface area contributed by atoms with Gasteiger partial charge in [0.2, 0.25) is 11.8 Å². The van der Waals surface area contributed by atoms with Crippen molar-refractivity contribution in [3.63, 3.8) is 0 Å². The van der Waals surface area contributed by atoms with E-state index >= 15 is 0 Å². The summed E-state index contributed by atoms with van der Waals surface area (Å²) in [7, 11) is 0. The van der Waals surface area contributed by atoms with Gasteiger partial charge in [0.05, 0.1) is 24.7 Å². The fraction of sp³-hybridized carbons (Fsp3) is 0.435. The molecule has 2 atom stereocenters. The van der Waals surface area contributed by atoms with Crippen LogP contribution in [0.25, 0.3) is 10.9 Å². The molecule has 2 aromatic rings. The molecule has 0 radical (unpaired) electrons. The summed E-state index contributed by atoms with van der Waals surface area (Å²) in [5.74, 6) is -0.976. The van der Waals surface area contributed by atoms with Gasteiger partial charge in [0.25, 0.3) is 5.91 Å². The zero-order chi connectivity index (χ0) is 26.8. The molecule has 14 heteroatoms. The van der Waals surface area contributed by atoms with E-state index in [0.717, 1.165) is 6.42 Å². The molecule has 1 aliphatic rings. The molecule has 1 aliphatic heterocycles. The number of nitrogens with zero attached hydrogens (tertiary/aromatic N) is 4. The van der Waals surface area contributed by atoms with Crippen LogP contribution in [0.15, 0.2) is 24.5 Å². The van der Waals surface area contributed by atoms with Gasteiger partial charge in [0, 0.05) is 25.0 Å². The number of hydrogen-bond acceptors (Lipinski definition) is 9. The maximum Gasteiger partial charge on any atom is 0.405 e. The Hall–Kier alpha value is -4.51. The van der Waals surface area contributed by atoms with Gasteiger partial charge in [-0.15, -0.1) is 0 Å². The second-order valence-corrected chi connectivity index (χ2v) is 8.19. The number of carbonyl (C=O) groups is 4. The minimum atomic E-state index is -1.34. The van der Waals surface area contributed by atoms with Crippen molar-refractivity contribution in [3.8, 4) is 11.8 Å². The van der Waals surface area contributed by atoms with Crippen LogP contribution in [0.1, 0.15) is 29.8 Å². The summed E-state index contributed by atoms with van der Waals surface area (Å²) < 4.78 is 5.71. The molecule has 2 heterocycles. The number of nitrogens with two attached hydrogens (primary N) is 1. The number of amides is 4. The Labute approximate surface area is 212 Å². The number of nitriles is 1. The van der Waals surface area contributed by atoms with Crippen molar-refractivity contribution >= 4 is 34.7 Å². The summed E-state index contributed by atoms with van der Waals surface area (Å²) in [6.45, 7) is 0.526. The molecule has 1 aromatic carbocycles. The number of rotatable bonds is 11. The van der Waals surface area contributed by atoms with E-state index in [2.05, 4.69) is 26.7 Å². The van der Waals surface area contributed by atoms with Crippen molar-refractivity contribution in [2.24, 2.45) is 5.73 Å². The minimum Gasteiger partial charge on any atom is -0.494 e. The quantitative estimate of drug-likeness (QED) is 0.240. The van der Waals surface area contributed by atoms with Crippen LogP contribution in [-0.2, 0) is 9.59 Å². The van der Waals surface area contributed by atoms with Crippen LogP contribution in [-0.4, -0.2) is 88.7 Å². The standard InChI is InChI=1S/C23H28N8O6/c24-10-14-3-1-7-31(14)19(32)12-27-22(34)20-16-9-15(4-5-17(16)28-13-29-20)37-8-2-6-26-21(33)18(11-25)30-23(35)36/h4-5,9,13-14,18,30H,1-3,6-8,11-12,25H2,(H,26,33)(H,27,34)(H,35,36). The van der Waals surface area contributed by atoms with Crippen LogP contribution in [0.4, 0.5) is 4.79 Å². The van der Waals surface area contributed by atoms with Crippen molar-refractivity contribution in [2.75, 3.05) is 32.8 Å². The molecular weight excluding hydrogens is 484 g/mol. The highest BCUT2D eigenvalue weighted by Gasteiger charge is 2.28. The van der Waals surface area contributed by atoms with Crippen LogP contribution in [0.5, 0.6) is 5.75 Å². The molecule has 0 bridgehead atoms. The van der Waals surface area contributed by atoms with E-state index in [-0.39, 0.29) is 37.8 Å². The van der Waals surface area contributed by atoms with E-state index < -0.39 is 30.0 Å². The molecule has 1 saturated heterocycles. The average molecular weight is 513 g/mol. The molecule has 14 nitrogen and oxygen atoms in total. The van der Waals surface area contributed by atoms with E-state index in [1.54, 1.807) is 18.2 Å². The van der Waals surface area contributed by atoms with Crippen molar-refractivity contribution in [1.29, 1.82) is 5.26 Å². The van der Waals surface area contributed by atoms with Gasteiger partial charge in [-0.1, -0.05) is 0 Å². The lowest BCUT2D eigenvalue weighted by Gasteiger charge is -2.19. The largest absolute Gasteiger partial charge is 0.494 e. The number of fused-ring (bicyclic) bond motifs is 1. The predicted octanol–water partition coefficient (Wildman–Crippen LogP) is -0.646. The molecule has 0 spiro atoms. The number of aromatic nitrogens is 2. The summed E-state index contributed by atoms with van der Waals surface area (Å²) in [6, 6.07) is 5.54. The first-order valence-corrected chi connectivity index (χ1v) is 11.7. The van der Waals surface area contributed by atoms with E-state index in [0.29, 0.717) is 36.0 Å². The highest BCUT2D eigenvalue weighted by atomic mass is 16.5. The van der Waals surface area contributed by atoms with Gasteiger partial charge in [0.15, 0.2) is 0 Å². The van der Waals surface area contributed by atoms with Gasteiger partial charge in [-0.2, -0.15) is 5.26 Å². The Kier molecular flexibility index (Phi) is 9.50. The van der Waals surface area contributed by atoms with E-state index in [9.17, 15) is 19.2 Å². The summed E-state index contributed by atoms with van der Waals surface area (Å²) >= 11 is 0. The number of ether oxygens (including phenoxy) is 1. The van der Waals surface area contributed by atoms with E-state index in [4.69, 9.17) is 20.8 Å². The second kappa shape index (κ2) is 13.0. The number of likely N-dealkylation sites (tertiary alicyclic amines) is 1. The zero-order valence-electron chi connectivity index (χ0n) is 20.0. The fourth-order valence-corrected chi connectivity index (χ4v) is 3.82. The van der Waals surface area contributed by atoms with Gasteiger partial charge in [-0.05, 0) is 37.5 Å². The highest BCUT2D eigenvalue weighted by molar-refractivity contribution is 6.05. The molecule has 2 unspecified atom stereocenters. The lowest BCUT2D eigenvalue weighted by atomic mass is 10.1. The molecule has 1 aromatic heterocycles. The highest BCUT2D eigenvalue weighted by Crippen LogP contribution is 2.22. The first-order chi connectivity index (χ1) is 17.8. The molecule has 37 heavy (non-hydrogen) atoms. The number of benzene rings is 1. The van der Waals surface area contributed by atoms with Gasteiger partial charge in [-0.25, -0.2) is 14.8 Å². The number of hydrogen-bond donors (Lipinski definition) is 5. The number of carboxylic acid groups (broad SMARTS) is 1. The van der Waals surface area contributed by atoms with E-state index in [1.807, 2.05) is 5.32 Å². The van der Waals surface area contributed by atoms with Gasteiger partial charge in [-0.3, -0.25) is 14.4 Å². The molecule has 6 N–H and O–H groups in total. The Balaban J connectivity index is 1.54. The smallest absolute Gasteiger partial charge is 0.405 e. The fourth-order valence-electron chi connectivity index (χ4n) is 3.82. The molecular formula is C23H28N8O6. The number of carbonyl (C=O) groups excluding carboxylic acids is 3. The first kappa shape index (κ1) is 27.1. The molecule has 3 rings (SSSR count). The Bertz CT molecular complexity index is 1200. The van der Waals surface area contributed by atoms with Gasteiger partial charge < -0.3 is 36.4 Å². The van der Waals surface area contributed by atoms with Crippen molar-refractivity contribution in [1.82, 2.24) is 30.8 Å². The SMILES string of the molecule is N#CC1CCCN1C(=O)CNC(=O)c1ncnc2ccc(OCCCNC(=O)C(CN)NC(=O)O)cc12. The topological polar surface area (TPSA) is 213 Å². The molecule has 196 valence electrons.